The maximum absolute atomic E-state index is 13.1. The summed E-state index contributed by atoms with van der Waals surface area (Å²) in [4.78, 5) is 53.0. The van der Waals surface area contributed by atoms with Crippen molar-refractivity contribution in [1.82, 2.24) is 20.2 Å². The van der Waals surface area contributed by atoms with Gasteiger partial charge in [-0.1, -0.05) is 16.9 Å². The Morgan fingerprint density at radius 3 is 2.66 bits per heavy atom. The number of carboxylic acid groups (broad SMARTS) is 1. The van der Waals surface area contributed by atoms with Crippen molar-refractivity contribution in [2.24, 2.45) is 5.16 Å². The molecule has 3 aromatic rings. The molecule has 3 aromatic heterocycles. The largest absolute Gasteiger partial charge is 0.726 e. The lowest BCUT2D eigenvalue weighted by Gasteiger charge is -2.49. The molecule has 5 rings (SSSR count). The molecule has 2 aliphatic heterocycles. The van der Waals surface area contributed by atoms with E-state index in [0.717, 1.165) is 26.9 Å². The number of amides is 2. The van der Waals surface area contributed by atoms with Crippen molar-refractivity contribution in [2.45, 2.75) is 22.3 Å². The summed E-state index contributed by atoms with van der Waals surface area (Å²) in [5.41, 5.74) is 8.03. The van der Waals surface area contributed by atoms with Crippen LogP contribution in [0.2, 0.25) is 0 Å². The molecule has 44 heavy (non-hydrogen) atoms. The van der Waals surface area contributed by atoms with Crippen LogP contribution in [0.1, 0.15) is 5.69 Å². The van der Waals surface area contributed by atoms with Gasteiger partial charge >= 0.3 is 5.97 Å². The number of nitrogens with one attached hydrogen (secondary N) is 1. The monoisotopic (exact) mass is 701 g/mol. The van der Waals surface area contributed by atoms with Crippen LogP contribution in [-0.4, -0.2) is 91.5 Å². The number of hydrogen-bond acceptors (Lipinski definition) is 15. The number of β-lactam (4-membered cyclic amide) rings is 1. The molecule has 0 aliphatic carbocycles. The molecule has 2 aliphatic rings. The molecule has 1 saturated heterocycles. The molecule has 2 amide bonds. The molecule has 0 bridgehead atoms. The summed E-state index contributed by atoms with van der Waals surface area (Å²) in [6, 6.07) is 2.90. The lowest BCUT2D eigenvalue weighted by Crippen LogP contribution is -2.71. The number of carbonyl (C=O) groups is 3. The summed E-state index contributed by atoms with van der Waals surface area (Å²) >= 11 is 5.66. The number of nitrogens with two attached hydrogens (primary N) is 1. The molecule has 0 radical (unpaired) electrons. The van der Waals surface area contributed by atoms with Gasteiger partial charge in [0.05, 0.1) is 11.3 Å². The second kappa shape index (κ2) is 14.0. The molecule has 234 valence electrons. The summed E-state index contributed by atoms with van der Waals surface area (Å²) in [5, 5.41) is 19.6. The molecule has 0 aromatic carbocycles. The Morgan fingerprint density at radius 1 is 1.34 bits per heavy atom. The Bertz CT molecular complexity index is 1750. The van der Waals surface area contributed by atoms with Gasteiger partial charge in [-0.25, -0.2) is 27.7 Å². The van der Waals surface area contributed by atoms with Crippen molar-refractivity contribution >= 4 is 85.2 Å². The fourth-order valence-electron chi connectivity index (χ4n) is 4.18. The number of thioether (sulfide) groups is 2. The summed E-state index contributed by atoms with van der Waals surface area (Å²) in [6.45, 7) is 0.283. The van der Waals surface area contributed by atoms with Crippen LogP contribution in [0.25, 0.3) is 11.3 Å². The van der Waals surface area contributed by atoms with Crippen LogP contribution in [0.5, 0.6) is 0 Å². The Labute approximate surface area is 266 Å². The van der Waals surface area contributed by atoms with Gasteiger partial charge in [0.1, 0.15) is 34.3 Å². The molecular formula is C23H23N7O9S5. The Hall–Kier alpha value is -3.60. The van der Waals surface area contributed by atoms with Crippen molar-refractivity contribution < 1.29 is 46.4 Å². The van der Waals surface area contributed by atoms with Crippen molar-refractivity contribution in [2.75, 3.05) is 24.9 Å². The molecular weight excluding hydrogens is 679 g/mol. The van der Waals surface area contributed by atoms with Crippen molar-refractivity contribution in [3.8, 4) is 11.3 Å². The van der Waals surface area contributed by atoms with Gasteiger partial charge in [0.2, 0.25) is 10.4 Å². The average Bonchev–Trinajstić information content (AvgIpc) is 3.62. The maximum Gasteiger partial charge on any atom is 0.352 e. The Morgan fingerprint density at radius 2 is 2.07 bits per heavy atom. The van der Waals surface area contributed by atoms with E-state index in [1.54, 1.807) is 28.5 Å². The van der Waals surface area contributed by atoms with E-state index in [0.29, 0.717) is 11.3 Å². The number of aliphatic carboxylic acids is 1. The van der Waals surface area contributed by atoms with Crippen molar-refractivity contribution in [1.29, 1.82) is 0 Å². The Balaban J connectivity index is 0.000000818. The van der Waals surface area contributed by atoms with E-state index in [2.05, 4.69) is 20.4 Å². The van der Waals surface area contributed by atoms with E-state index < -0.39 is 39.6 Å². The normalized spacial score (nSPS) is 18.1. The summed E-state index contributed by atoms with van der Waals surface area (Å²) in [5.74, 6) is -2.02. The van der Waals surface area contributed by atoms with Crippen LogP contribution < -0.4 is 15.6 Å². The third-order valence-electron chi connectivity index (χ3n) is 5.88. The van der Waals surface area contributed by atoms with Crippen LogP contribution in [-0.2, 0) is 36.2 Å². The predicted octanol–water partition coefficient (Wildman–Crippen LogP) is 0.652. The fourth-order valence-corrected chi connectivity index (χ4v) is 7.34. The number of rotatable bonds is 9. The minimum Gasteiger partial charge on any atom is -0.726 e. The zero-order chi connectivity index (χ0) is 32.2. The second-order valence-electron chi connectivity index (χ2n) is 8.71. The first-order valence-corrected chi connectivity index (χ1v) is 17.4. The number of nitrogen functional groups attached to an aromatic ring is 1. The number of nitrogens with zero attached hydrogens (tertiary/aromatic N) is 5. The van der Waals surface area contributed by atoms with Crippen molar-refractivity contribution in [3.63, 3.8) is 0 Å². The second-order valence-corrected chi connectivity index (χ2v) is 13.5. The zero-order valence-corrected chi connectivity index (χ0v) is 26.7. The van der Waals surface area contributed by atoms with E-state index in [4.69, 9.17) is 28.1 Å². The molecule has 1 fully saturated rings. The molecule has 5 N–H and O–H groups in total. The first-order valence-electron chi connectivity index (χ1n) is 12.0. The van der Waals surface area contributed by atoms with Gasteiger partial charge in [-0.15, -0.1) is 34.4 Å². The van der Waals surface area contributed by atoms with E-state index in [1.807, 2.05) is 40.7 Å². The smallest absolute Gasteiger partial charge is 0.352 e. The zero-order valence-electron chi connectivity index (χ0n) is 22.6. The third kappa shape index (κ3) is 7.91. The number of pyridine rings is 1. The molecule has 21 heteroatoms. The number of oxime groups is 1. The number of carboxylic acids is 1. The molecule has 0 spiro atoms. The van der Waals surface area contributed by atoms with Crippen LogP contribution in [0.3, 0.4) is 0 Å². The van der Waals surface area contributed by atoms with Crippen LogP contribution in [0.4, 0.5) is 5.13 Å². The van der Waals surface area contributed by atoms with E-state index in [-0.39, 0.29) is 28.8 Å². The van der Waals surface area contributed by atoms with Crippen LogP contribution in [0.15, 0.2) is 56.1 Å². The highest BCUT2D eigenvalue weighted by molar-refractivity contribution is 8.00. The number of aromatic nitrogens is 3. The van der Waals surface area contributed by atoms with Gasteiger partial charge in [0.15, 0.2) is 29.8 Å². The number of hydrogen-bond donors (Lipinski definition) is 4. The first-order chi connectivity index (χ1) is 20.8. The summed E-state index contributed by atoms with van der Waals surface area (Å²) in [6.07, 6.45) is 5.72. The molecule has 2 atom stereocenters. The Kier molecular flexibility index (Phi) is 10.6. The van der Waals surface area contributed by atoms with Crippen LogP contribution >= 0.6 is 46.2 Å². The third-order valence-corrected chi connectivity index (χ3v) is 9.76. The lowest BCUT2D eigenvalue weighted by molar-refractivity contribution is -0.688. The standard InChI is InChI=1S/C23H21N7O5S4.H2O4S/c1-35-28-15(14-10-38-22(24)25-14)18(31)27-16-19(32)30-17(21(33)34)12(8-37-20(16)30)7-29-5-3-4-11(6-29)13-9-39-23(26-13)36-2;1-5(2,3)4/h3-6,9-10,16,20H,7-8H2,1-2H3,(H3-,24,25,27,31,33,34);(H2,1,2,3,4)/b28-15-;. The van der Waals surface area contributed by atoms with Gasteiger partial charge in [0, 0.05) is 28.2 Å². The summed E-state index contributed by atoms with van der Waals surface area (Å²) < 4.78 is 35.7. The topological polar surface area (TPSA) is 241 Å². The van der Waals surface area contributed by atoms with E-state index >= 15 is 0 Å². The number of fused-ring (bicyclic) bond motifs is 1. The van der Waals surface area contributed by atoms with E-state index in [9.17, 15) is 19.5 Å². The highest BCUT2D eigenvalue weighted by Crippen LogP contribution is 2.40. The predicted molar refractivity (Wildman–Crippen MR) is 162 cm³/mol. The number of anilines is 1. The molecule has 2 unspecified atom stereocenters. The highest BCUT2D eigenvalue weighted by atomic mass is 32.3. The minimum atomic E-state index is -4.92. The van der Waals surface area contributed by atoms with Crippen LogP contribution in [0, 0.1) is 0 Å². The van der Waals surface area contributed by atoms with Gasteiger partial charge in [-0.3, -0.25) is 19.0 Å². The highest BCUT2D eigenvalue weighted by Gasteiger charge is 2.54. The van der Waals surface area contributed by atoms with E-state index in [1.165, 1.54) is 23.8 Å². The minimum absolute atomic E-state index is 0.0662. The average molecular weight is 702 g/mol. The fraction of sp³-hybridized carbons (Fsp3) is 0.261. The first kappa shape index (κ1) is 33.3. The molecule has 0 saturated carbocycles. The van der Waals surface area contributed by atoms with Crippen molar-refractivity contribution in [3.05, 3.63) is 52.3 Å². The quantitative estimate of drug-likeness (QED) is 0.0456. The SMILES string of the molecule is CO/N=C(\C(=O)NC1C(=O)N2C(C(=O)O)=C(C[n+]3cccc(-c4csc(SC)n4)c3)CSC12)c1csc(N)n1.O=S(=O)([O-])O. The molecule has 16 nitrogen and oxygen atoms in total. The maximum atomic E-state index is 13.1. The lowest BCUT2D eigenvalue weighted by atomic mass is 10.0. The number of thiazole rings is 2. The van der Waals surface area contributed by atoms with Gasteiger partial charge in [0.25, 0.3) is 11.8 Å². The van der Waals surface area contributed by atoms with Gasteiger partial charge < -0.3 is 25.5 Å². The van der Waals surface area contributed by atoms with Gasteiger partial charge in [-0.05, 0) is 12.3 Å². The molecule has 5 heterocycles. The summed E-state index contributed by atoms with van der Waals surface area (Å²) in [7, 11) is -3.63. The van der Waals surface area contributed by atoms with Gasteiger partial charge in [-0.2, -0.15) is 0 Å². The number of carbonyl (C=O) groups excluding carboxylic acids is 2.